The fourth-order valence-corrected chi connectivity index (χ4v) is 2.66. The highest BCUT2D eigenvalue weighted by Gasteiger charge is 2.21. The lowest BCUT2D eigenvalue weighted by atomic mass is 10.1. The smallest absolute Gasteiger partial charge is 0.279 e. The Balaban J connectivity index is 1.93. The molecule has 2 rings (SSSR count). The largest absolute Gasteiger partial charge is 0.326 e. The third-order valence-corrected chi connectivity index (χ3v) is 4.26. The Morgan fingerprint density at radius 2 is 1.68 bits per heavy atom. The van der Waals surface area contributed by atoms with Crippen LogP contribution in [0, 0.1) is 20.2 Å². The summed E-state index contributed by atoms with van der Waals surface area (Å²) in [6, 6.07) is 10.5. The molecule has 2 N–H and O–H groups in total. The van der Waals surface area contributed by atoms with E-state index in [1.54, 1.807) is 19.1 Å². The van der Waals surface area contributed by atoms with Crippen LogP contribution >= 0.6 is 0 Å². The molecule has 0 saturated heterocycles. The molecule has 0 heterocycles. The van der Waals surface area contributed by atoms with Crippen molar-refractivity contribution in [2.45, 2.75) is 33.1 Å². The molecule has 0 unspecified atom stereocenters. The Morgan fingerprint density at radius 3 is 2.26 bits per heavy atom. The van der Waals surface area contributed by atoms with Gasteiger partial charge >= 0.3 is 0 Å². The van der Waals surface area contributed by atoms with Gasteiger partial charge in [0.2, 0.25) is 11.8 Å². The molecule has 11 nitrogen and oxygen atoms in total. The lowest BCUT2D eigenvalue weighted by Gasteiger charge is -2.06. The van der Waals surface area contributed by atoms with Crippen molar-refractivity contribution in [1.29, 1.82) is 0 Å². The number of nitro benzene ring substituents is 2. The standard InChI is InChI=1S/C20H21N5O6/c1-3-14-4-7-16(8-5-14)21-19(26)10-13(2)22-23-20(27)11-15-6-9-17(24(28)29)12-18(15)25(30)31/h4-9,12H,3,10-11H2,1-2H3,(H,21,26)(H,23,27)/b22-13-. The molecule has 2 aromatic carbocycles. The van der Waals surface area contributed by atoms with E-state index >= 15 is 0 Å². The van der Waals surface area contributed by atoms with Gasteiger partial charge in [0, 0.05) is 23.0 Å². The Morgan fingerprint density at radius 1 is 1.00 bits per heavy atom. The van der Waals surface area contributed by atoms with Crippen LogP contribution in [-0.4, -0.2) is 27.4 Å². The molecule has 0 spiro atoms. The Hall–Kier alpha value is -4.15. The minimum absolute atomic E-state index is 0.00854. The van der Waals surface area contributed by atoms with Crippen molar-refractivity contribution >= 4 is 34.6 Å². The van der Waals surface area contributed by atoms with Gasteiger partial charge in [0.15, 0.2) is 0 Å². The third-order valence-electron chi connectivity index (χ3n) is 4.26. The molecule has 0 aliphatic rings. The summed E-state index contributed by atoms with van der Waals surface area (Å²) in [7, 11) is 0. The summed E-state index contributed by atoms with van der Waals surface area (Å²) >= 11 is 0. The molecule has 31 heavy (non-hydrogen) atoms. The number of hydrazone groups is 1. The van der Waals surface area contributed by atoms with E-state index in [0.717, 1.165) is 30.2 Å². The average Bonchev–Trinajstić information content (AvgIpc) is 2.72. The van der Waals surface area contributed by atoms with Gasteiger partial charge in [0.05, 0.1) is 28.8 Å². The van der Waals surface area contributed by atoms with Crippen molar-refractivity contribution in [2.24, 2.45) is 5.10 Å². The summed E-state index contributed by atoms with van der Waals surface area (Å²) in [5.41, 5.74) is 3.38. The number of non-ortho nitro benzene ring substituents is 1. The van der Waals surface area contributed by atoms with Crippen LogP contribution in [0.3, 0.4) is 0 Å². The second kappa shape index (κ2) is 10.6. The third kappa shape index (κ3) is 6.99. The first-order valence-electron chi connectivity index (χ1n) is 9.32. The van der Waals surface area contributed by atoms with Crippen molar-refractivity contribution in [1.82, 2.24) is 5.43 Å². The van der Waals surface area contributed by atoms with Gasteiger partial charge in [-0.1, -0.05) is 19.1 Å². The molecule has 0 aromatic heterocycles. The van der Waals surface area contributed by atoms with Gasteiger partial charge in [-0.05, 0) is 37.1 Å². The zero-order chi connectivity index (χ0) is 23.0. The number of nitrogens with zero attached hydrogens (tertiary/aromatic N) is 3. The molecule has 0 fully saturated rings. The molecule has 0 aliphatic heterocycles. The van der Waals surface area contributed by atoms with E-state index in [-0.39, 0.29) is 17.9 Å². The Labute approximate surface area is 177 Å². The predicted molar refractivity (Wildman–Crippen MR) is 114 cm³/mol. The summed E-state index contributed by atoms with van der Waals surface area (Å²) < 4.78 is 0. The van der Waals surface area contributed by atoms with Crippen LogP contribution in [0.1, 0.15) is 31.4 Å². The molecule has 162 valence electrons. The number of hydrogen-bond acceptors (Lipinski definition) is 7. The van der Waals surface area contributed by atoms with E-state index in [2.05, 4.69) is 15.8 Å². The highest BCUT2D eigenvalue weighted by atomic mass is 16.6. The van der Waals surface area contributed by atoms with Crippen LogP contribution in [0.25, 0.3) is 0 Å². The number of carbonyl (C=O) groups is 2. The summed E-state index contributed by atoms with van der Waals surface area (Å²) in [4.78, 5) is 44.5. The van der Waals surface area contributed by atoms with Crippen molar-refractivity contribution < 1.29 is 19.4 Å². The SMILES string of the molecule is CCc1ccc(NC(=O)C/C(C)=N\NC(=O)Cc2ccc([N+](=O)[O-])cc2[N+](=O)[O-])cc1. The second-order valence-corrected chi connectivity index (χ2v) is 6.66. The number of carbonyl (C=O) groups excluding carboxylic acids is 2. The van der Waals surface area contributed by atoms with Crippen molar-refractivity contribution in [2.75, 3.05) is 5.32 Å². The van der Waals surface area contributed by atoms with E-state index in [1.807, 2.05) is 19.1 Å². The number of rotatable bonds is 9. The zero-order valence-corrected chi connectivity index (χ0v) is 17.0. The van der Waals surface area contributed by atoms with Gasteiger partial charge in [0.25, 0.3) is 11.4 Å². The van der Waals surface area contributed by atoms with Crippen molar-refractivity contribution in [3.8, 4) is 0 Å². The Kier molecular flexibility index (Phi) is 7.89. The number of amides is 2. The van der Waals surface area contributed by atoms with E-state index in [4.69, 9.17) is 0 Å². The highest BCUT2D eigenvalue weighted by molar-refractivity contribution is 6.05. The highest BCUT2D eigenvalue weighted by Crippen LogP contribution is 2.25. The van der Waals surface area contributed by atoms with Crippen LogP contribution in [0.2, 0.25) is 0 Å². The van der Waals surface area contributed by atoms with Crippen LogP contribution < -0.4 is 10.7 Å². The normalized spacial score (nSPS) is 11.0. The van der Waals surface area contributed by atoms with Gasteiger partial charge in [0.1, 0.15) is 0 Å². The lowest BCUT2D eigenvalue weighted by Crippen LogP contribution is -2.23. The number of nitro groups is 2. The fourth-order valence-electron chi connectivity index (χ4n) is 2.66. The molecule has 0 saturated carbocycles. The van der Waals surface area contributed by atoms with Gasteiger partial charge in [-0.3, -0.25) is 29.8 Å². The van der Waals surface area contributed by atoms with E-state index < -0.39 is 33.5 Å². The minimum Gasteiger partial charge on any atom is -0.326 e. The van der Waals surface area contributed by atoms with Crippen LogP contribution in [0.4, 0.5) is 17.1 Å². The number of aryl methyl sites for hydroxylation is 1. The van der Waals surface area contributed by atoms with Crippen molar-refractivity contribution in [3.63, 3.8) is 0 Å². The van der Waals surface area contributed by atoms with Crippen LogP contribution in [-0.2, 0) is 22.4 Å². The minimum atomic E-state index is -0.790. The first-order valence-corrected chi connectivity index (χ1v) is 9.32. The molecule has 0 bridgehead atoms. The van der Waals surface area contributed by atoms with E-state index in [0.29, 0.717) is 11.4 Å². The molecular weight excluding hydrogens is 406 g/mol. The second-order valence-electron chi connectivity index (χ2n) is 6.66. The van der Waals surface area contributed by atoms with Gasteiger partial charge in [-0.15, -0.1) is 0 Å². The zero-order valence-electron chi connectivity index (χ0n) is 17.0. The summed E-state index contributed by atoms with van der Waals surface area (Å²) in [5.74, 6) is -0.974. The van der Waals surface area contributed by atoms with Gasteiger partial charge in [-0.2, -0.15) is 5.10 Å². The van der Waals surface area contributed by atoms with Crippen molar-refractivity contribution in [3.05, 3.63) is 73.8 Å². The first kappa shape index (κ1) is 23.1. The molecule has 2 amide bonds. The summed E-state index contributed by atoms with van der Waals surface area (Å²) in [6.45, 7) is 3.58. The maximum Gasteiger partial charge on any atom is 0.279 e. The average molecular weight is 427 g/mol. The monoisotopic (exact) mass is 427 g/mol. The predicted octanol–water partition coefficient (Wildman–Crippen LogP) is 3.13. The quantitative estimate of drug-likeness (QED) is 0.355. The molecular formula is C20H21N5O6. The summed E-state index contributed by atoms with van der Waals surface area (Å²) in [5, 5.41) is 28.5. The lowest BCUT2D eigenvalue weighted by molar-refractivity contribution is -0.394. The summed E-state index contributed by atoms with van der Waals surface area (Å²) in [6.07, 6.45) is 0.428. The van der Waals surface area contributed by atoms with Crippen LogP contribution in [0.5, 0.6) is 0 Å². The molecule has 2 aromatic rings. The Bertz CT molecular complexity index is 1030. The maximum absolute atomic E-state index is 12.1. The van der Waals surface area contributed by atoms with E-state index in [1.165, 1.54) is 0 Å². The number of anilines is 1. The number of hydrogen-bond donors (Lipinski definition) is 2. The topological polar surface area (TPSA) is 157 Å². The maximum atomic E-state index is 12.1. The number of nitrogens with one attached hydrogen (secondary N) is 2. The van der Waals surface area contributed by atoms with E-state index in [9.17, 15) is 29.8 Å². The van der Waals surface area contributed by atoms with Gasteiger partial charge in [-0.25, -0.2) is 5.43 Å². The molecule has 0 radical (unpaired) electrons. The fraction of sp³-hybridized carbons (Fsp3) is 0.250. The first-order chi connectivity index (χ1) is 14.7. The number of benzene rings is 2. The van der Waals surface area contributed by atoms with Gasteiger partial charge < -0.3 is 5.32 Å². The van der Waals surface area contributed by atoms with Crippen LogP contribution in [0.15, 0.2) is 47.6 Å². The molecule has 0 aliphatic carbocycles. The molecule has 0 atom stereocenters. The molecule has 11 heteroatoms.